The van der Waals surface area contributed by atoms with Crippen molar-refractivity contribution in [3.05, 3.63) is 0 Å². The molecule has 3 heteroatoms. The Morgan fingerprint density at radius 1 is 1.27 bits per heavy atom. The molecule has 0 aliphatic heterocycles. The lowest BCUT2D eigenvalue weighted by molar-refractivity contribution is 0.122. The van der Waals surface area contributed by atoms with Gasteiger partial charge in [0.15, 0.2) is 0 Å². The molecule has 0 fully saturated rings. The van der Waals surface area contributed by atoms with Gasteiger partial charge in [0.2, 0.25) is 0 Å². The standard InChI is InChI=1S/C12H28N2O/c1-5-7-12(3)13-8-9-14(4)10-11-15-6-2/h12-13H,5-11H2,1-4H3. The molecule has 0 heterocycles. The van der Waals surface area contributed by atoms with E-state index in [1.165, 1.54) is 12.8 Å². The minimum atomic E-state index is 0.648. The Morgan fingerprint density at radius 2 is 2.00 bits per heavy atom. The summed E-state index contributed by atoms with van der Waals surface area (Å²) in [5, 5.41) is 3.52. The molecular weight excluding hydrogens is 188 g/mol. The van der Waals surface area contributed by atoms with Crippen molar-refractivity contribution in [2.45, 2.75) is 39.7 Å². The maximum absolute atomic E-state index is 5.31. The molecule has 0 aromatic rings. The Balaban J connectivity index is 3.26. The number of likely N-dealkylation sites (N-methyl/N-ethyl adjacent to an activating group) is 1. The van der Waals surface area contributed by atoms with E-state index in [1.54, 1.807) is 0 Å². The first-order chi connectivity index (χ1) is 7.20. The third-order valence-corrected chi connectivity index (χ3v) is 2.53. The van der Waals surface area contributed by atoms with Crippen molar-refractivity contribution in [1.82, 2.24) is 10.2 Å². The van der Waals surface area contributed by atoms with Crippen LogP contribution in [0.3, 0.4) is 0 Å². The van der Waals surface area contributed by atoms with E-state index in [0.29, 0.717) is 6.04 Å². The van der Waals surface area contributed by atoms with Crippen molar-refractivity contribution in [2.75, 3.05) is 39.9 Å². The van der Waals surface area contributed by atoms with Gasteiger partial charge in [-0.05, 0) is 27.3 Å². The van der Waals surface area contributed by atoms with Crippen LogP contribution in [0.2, 0.25) is 0 Å². The van der Waals surface area contributed by atoms with E-state index in [9.17, 15) is 0 Å². The van der Waals surface area contributed by atoms with Crippen LogP contribution < -0.4 is 5.32 Å². The molecule has 0 rings (SSSR count). The molecule has 0 radical (unpaired) electrons. The highest BCUT2D eigenvalue weighted by Crippen LogP contribution is 1.93. The molecule has 15 heavy (non-hydrogen) atoms. The van der Waals surface area contributed by atoms with Crippen LogP contribution in [-0.4, -0.2) is 50.8 Å². The number of hydrogen-bond donors (Lipinski definition) is 1. The molecule has 0 saturated heterocycles. The maximum atomic E-state index is 5.31. The van der Waals surface area contributed by atoms with E-state index < -0.39 is 0 Å². The second kappa shape index (κ2) is 10.4. The second-order valence-electron chi connectivity index (χ2n) is 4.14. The quantitative estimate of drug-likeness (QED) is 0.563. The normalized spacial score (nSPS) is 13.4. The monoisotopic (exact) mass is 216 g/mol. The fraction of sp³-hybridized carbons (Fsp3) is 1.00. The van der Waals surface area contributed by atoms with Gasteiger partial charge in [0.1, 0.15) is 0 Å². The summed E-state index contributed by atoms with van der Waals surface area (Å²) < 4.78 is 5.31. The Bertz CT molecular complexity index is 131. The molecule has 0 aliphatic rings. The molecule has 1 atom stereocenters. The predicted molar refractivity (Wildman–Crippen MR) is 66.4 cm³/mol. The zero-order valence-corrected chi connectivity index (χ0v) is 10.9. The van der Waals surface area contributed by atoms with Gasteiger partial charge in [-0.1, -0.05) is 13.3 Å². The maximum Gasteiger partial charge on any atom is 0.0593 e. The molecule has 0 saturated carbocycles. The van der Waals surface area contributed by atoms with E-state index in [4.69, 9.17) is 4.74 Å². The lowest BCUT2D eigenvalue weighted by Crippen LogP contribution is -2.35. The first-order valence-electron chi connectivity index (χ1n) is 6.20. The van der Waals surface area contributed by atoms with E-state index in [2.05, 4.69) is 31.1 Å². The molecule has 92 valence electrons. The first-order valence-corrected chi connectivity index (χ1v) is 6.20. The van der Waals surface area contributed by atoms with Crippen molar-refractivity contribution in [3.8, 4) is 0 Å². The van der Waals surface area contributed by atoms with Crippen LogP contribution in [0.4, 0.5) is 0 Å². The van der Waals surface area contributed by atoms with Gasteiger partial charge in [0.25, 0.3) is 0 Å². The average Bonchev–Trinajstić information content (AvgIpc) is 2.18. The number of rotatable bonds is 10. The SMILES string of the molecule is CCCC(C)NCCN(C)CCOCC. The predicted octanol–water partition coefficient (Wildman–Crippen LogP) is 1.73. The van der Waals surface area contributed by atoms with Gasteiger partial charge in [-0.15, -0.1) is 0 Å². The van der Waals surface area contributed by atoms with E-state index in [1.807, 2.05) is 6.92 Å². The summed E-state index contributed by atoms with van der Waals surface area (Å²) in [5.41, 5.74) is 0. The van der Waals surface area contributed by atoms with Crippen molar-refractivity contribution >= 4 is 0 Å². The number of hydrogen-bond acceptors (Lipinski definition) is 3. The number of ether oxygens (including phenoxy) is 1. The lowest BCUT2D eigenvalue weighted by atomic mass is 10.2. The summed E-state index contributed by atoms with van der Waals surface area (Å²) in [5.74, 6) is 0. The zero-order chi connectivity index (χ0) is 11.5. The van der Waals surface area contributed by atoms with Crippen LogP contribution in [0.1, 0.15) is 33.6 Å². The largest absolute Gasteiger partial charge is 0.380 e. The number of nitrogens with zero attached hydrogens (tertiary/aromatic N) is 1. The summed E-state index contributed by atoms with van der Waals surface area (Å²) in [4.78, 5) is 2.31. The zero-order valence-electron chi connectivity index (χ0n) is 10.9. The minimum Gasteiger partial charge on any atom is -0.380 e. The topological polar surface area (TPSA) is 24.5 Å². The van der Waals surface area contributed by atoms with Gasteiger partial charge in [0, 0.05) is 32.3 Å². The molecule has 0 aliphatic carbocycles. The Hall–Kier alpha value is -0.120. The fourth-order valence-electron chi connectivity index (χ4n) is 1.51. The third-order valence-electron chi connectivity index (χ3n) is 2.53. The van der Waals surface area contributed by atoms with Crippen LogP contribution in [0, 0.1) is 0 Å². The summed E-state index contributed by atoms with van der Waals surface area (Å²) in [6.07, 6.45) is 2.52. The highest BCUT2D eigenvalue weighted by atomic mass is 16.5. The van der Waals surface area contributed by atoms with Gasteiger partial charge in [0.05, 0.1) is 6.61 Å². The van der Waals surface area contributed by atoms with Crippen molar-refractivity contribution < 1.29 is 4.74 Å². The molecular formula is C12H28N2O. The third kappa shape index (κ3) is 10.2. The summed E-state index contributed by atoms with van der Waals surface area (Å²) in [6, 6.07) is 0.648. The molecule has 1 N–H and O–H groups in total. The van der Waals surface area contributed by atoms with Crippen LogP contribution in [0.5, 0.6) is 0 Å². The van der Waals surface area contributed by atoms with Crippen molar-refractivity contribution in [2.24, 2.45) is 0 Å². The molecule has 0 bridgehead atoms. The van der Waals surface area contributed by atoms with Crippen LogP contribution in [0.15, 0.2) is 0 Å². The van der Waals surface area contributed by atoms with Crippen LogP contribution in [-0.2, 0) is 4.74 Å². The second-order valence-corrected chi connectivity index (χ2v) is 4.14. The highest BCUT2D eigenvalue weighted by molar-refractivity contribution is 4.61. The molecule has 0 amide bonds. The smallest absolute Gasteiger partial charge is 0.0593 e. The van der Waals surface area contributed by atoms with Gasteiger partial charge in [-0.3, -0.25) is 0 Å². The van der Waals surface area contributed by atoms with E-state index >= 15 is 0 Å². The Labute approximate surface area is 95.2 Å². The van der Waals surface area contributed by atoms with Crippen molar-refractivity contribution in [3.63, 3.8) is 0 Å². The lowest BCUT2D eigenvalue weighted by Gasteiger charge is -2.18. The van der Waals surface area contributed by atoms with Crippen LogP contribution >= 0.6 is 0 Å². The molecule has 3 nitrogen and oxygen atoms in total. The summed E-state index contributed by atoms with van der Waals surface area (Å²) in [6.45, 7) is 11.4. The van der Waals surface area contributed by atoms with Crippen molar-refractivity contribution in [1.29, 1.82) is 0 Å². The molecule has 0 aromatic heterocycles. The Morgan fingerprint density at radius 3 is 2.60 bits per heavy atom. The summed E-state index contributed by atoms with van der Waals surface area (Å²) in [7, 11) is 2.14. The highest BCUT2D eigenvalue weighted by Gasteiger charge is 2.01. The molecule has 0 aromatic carbocycles. The summed E-state index contributed by atoms with van der Waals surface area (Å²) >= 11 is 0. The average molecular weight is 216 g/mol. The van der Waals surface area contributed by atoms with Gasteiger partial charge in [-0.25, -0.2) is 0 Å². The van der Waals surface area contributed by atoms with Gasteiger partial charge in [-0.2, -0.15) is 0 Å². The Kier molecular flexibility index (Phi) is 10.3. The minimum absolute atomic E-state index is 0.648. The van der Waals surface area contributed by atoms with Crippen LogP contribution in [0.25, 0.3) is 0 Å². The fourth-order valence-corrected chi connectivity index (χ4v) is 1.51. The number of nitrogens with one attached hydrogen (secondary N) is 1. The van der Waals surface area contributed by atoms with E-state index in [0.717, 1.165) is 32.8 Å². The first kappa shape index (κ1) is 14.9. The molecule has 1 unspecified atom stereocenters. The van der Waals surface area contributed by atoms with E-state index in [-0.39, 0.29) is 0 Å². The van der Waals surface area contributed by atoms with Gasteiger partial charge < -0.3 is 15.0 Å². The molecule has 0 spiro atoms. The van der Waals surface area contributed by atoms with Gasteiger partial charge >= 0.3 is 0 Å².